The Kier molecular flexibility index (Phi) is 9.47. The number of rotatable bonds is 8. The Morgan fingerprint density at radius 1 is 1.27 bits per heavy atom. The summed E-state index contributed by atoms with van der Waals surface area (Å²) in [5, 5.41) is 6.74. The molecule has 2 rings (SSSR count). The maximum Gasteiger partial charge on any atom is 0.191 e. The first-order valence-electron chi connectivity index (χ1n) is 7.88. The Balaban J connectivity index is 0.00000242. The van der Waals surface area contributed by atoms with Crippen molar-refractivity contribution in [3.63, 3.8) is 0 Å². The van der Waals surface area contributed by atoms with E-state index in [9.17, 15) is 0 Å². The summed E-state index contributed by atoms with van der Waals surface area (Å²) in [7, 11) is 1.82. The van der Waals surface area contributed by atoms with Crippen LogP contribution >= 0.6 is 24.0 Å². The minimum absolute atomic E-state index is 0. The summed E-state index contributed by atoms with van der Waals surface area (Å²) in [4.78, 5) is 4.23. The van der Waals surface area contributed by atoms with Gasteiger partial charge in [0.15, 0.2) is 5.96 Å². The van der Waals surface area contributed by atoms with Gasteiger partial charge in [-0.1, -0.05) is 37.3 Å². The van der Waals surface area contributed by atoms with E-state index < -0.39 is 0 Å². The molecule has 1 saturated carbocycles. The summed E-state index contributed by atoms with van der Waals surface area (Å²) < 4.78 is 5.66. The molecule has 0 saturated heterocycles. The highest BCUT2D eigenvalue weighted by Crippen LogP contribution is 2.28. The second-order valence-electron chi connectivity index (χ2n) is 5.66. The molecule has 0 heterocycles. The maximum absolute atomic E-state index is 5.66. The van der Waals surface area contributed by atoms with E-state index in [1.807, 2.05) is 13.1 Å². The second-order valence-corrected chi connectivity index (χ2v) is 5.66. The zero-order valence-corrected chi connectivity index (χ0v) is 15.9. The smallest absolute Gasteiger partial charge is 0.191 e. The van der Waals surface area contributed by atoms with Crippen LogP contribution in [0.2, 0.25) is 0 Å². The van der Waals surface area contributed by atoms with E-state index in [-0.39, 0.29) is 24.0 Å². The van der Waals surface area contributed by atoms with Gasteiger partial charge in [-0.25, -0.2) is 0 Å². The Morgan fingerprint density at radius 3 is 2.64 bits per heavy atom. The number of aliphatic imine (C=N–C) groups is 1. The number of hydrogen-bond acceptors (Lipinski definition) is 2. The lowest BCUT2D eigenvalue weighted by molar-refractivity contribution is 0.135. The molecular formula is C17H28IN3O. The van der Waals surface area contributed by atoms with Gasteiger partial charge >= 0.3 is 0 Å². The molecule has 0 amide bonds. The Morgan fingerprint density at radius 2 is 2.00 bits per heavy atom. The molecule has 0 aromatic heterocycles. The molecule has 0 radical (unpaired) electrons. The van der Waals surface area contributed by atoms with Crippen LogP contribution in [0.15, 0.2) is 35.3 Å². The van der Waals surface area contributed by atoms with Crippen LogP contribution in [0.3, 0.4) is 0 Å². The lowest BCUT2D eigenvalue weighted by atomic mass is 10.2. The average molecular weight is 417 g/mol. The monoisotopic (exact) mass is 417 g/mol. The number of benzene rings is 1. The van der Waals surface area contributed by atoms with Gasteiger partial charge in [0, 0.05) is 26.2 Å². The lowest BCUT2D eigenvalue weighted by Gasteiger charge is -2.11. The first kappa shape index (κ1) is 19.2. The summed E-state index contributed by atoms with van der Waals surface area (Å²) >= 11 is 0. The molecule has 0 spiro atoms. The van der Waals surface area contributed by atoms with Gasteiger partial charge in [-0.05, 0) is 30.7 Å². The SMILES string of the molecule is CN=C(NCCCOCCc1ccccc1)NC1CC1C.I. The van der Waals surface area contributed by atoms with E-state index >= 15 is 0 Å². The van der Waals surface area contributed by atoms with Crippen molar-refractivity contribution in [2.24, 2.45) is 10.9 Å². The van der Waals surface area contributed by atoms with E-state index in [0.29, 0.717) is 6.04 Å². The fourth-order valence-electron chi connectivity index (χ4n) is 2.21. The van der Waals surface area contributed by atoms with Crippen LogP contribution < -0.4 is 10.6 Å². The summed E-state index contributed by atoms with van der Waals surface area (Å²) in [6.07, 6.45) is 3.23. The van der Waals surface area contributed by atoms with Crippen molar-refractivity contribution in [3.8, 4) is 0 Å². The molecule has 5 heteroatoms. The van der Waals surface area contributed by atoms with Crippen molar-refractivity contribution < 1.29 is 4.74 Å². The summed E-state index contributed by atoms with van der Waals surface area (Å²) in [6, 6.07) is 11.1. The zero-order valence-electron chi connectivity index (χ0n) is 13.5. The first-order chi connectivity index (χ1) is 10.3. The quantitative estimate of drug-likeness (QED) is 0.296. The van der Waals surface area contributed by atoms with Crippen LogP contribution in [0.1, 0.15) is 25.3 Å². The minimum Gasteiger partial charge on any atom is -0.381 e. The number of hydrogen-bond donors (Lipinski definition) is 2. The van der Waals surface area contributed by atoms with Gasteiger partial charge in [0.05, 0.1) is 6.61 Å². The molecule has 22 heavy (non-hydrogen) atoms. The van der Waals surface area contributed by atoms with Gasteiger partial charge in [0.25, 0.3) is 0 Å². The van der Waals surface area contributed by atoms with Crippen LogP contribution in [0.4, 0.5) is 0 Å². The molecule has 1 aliphatic carbocycles. The van der Waals surface area contributed by atoms with Gasteiger partial charge in [-0.2, -0.15) is 0 Å². The topological polar surface area (TPSA) is 45.7 Å². The Bertz CT molecular complexity index is 439. The van der Waals surface area contributed by atoms with E-state index in [4.69, 9.17) is 4.74 Å². The fraction of sp³-hybridized carbons (Fsp3) is 0.588. The van der Waals surface area contributed by atoms with E-state index in [1.165, 1.54) is 12.0 Å². The molecule has 2 atom stereocenters. The number of nitrogens with one attached hydrogen (secondary N) is 2. The van der Waals surface area contributed by atoms with Crippen LogP contribution in [-0.4, -0.2) is 38.8 Å². The van der Waals surface area contributed by atoms with Crippen LogP contribution in [0, 0.1) is 5.92 Å². The number of halogens is 1. The molecule has 2 N–H and O–H groups in total. The predicted octanol–water partition coefficient (Wildman–Crippen LogP) is 2.83. The fourth-order valence-corrected chi connectivity index (χ4v) is 2.21. The zero-order chi connectivity index (χ0) is 14.9. The highest BCUT2D eigenvalue weighted by Gasteiger charge is 2.32. The van der Waals surface area contributed by atoms with Crippen molar-refractivity contribution in [2.75, 3.05) is 26.8 Å². The van der Waals surface area contributed by atoms with Crippen molar-refractivity contribution in [2.45, 2.75) is 32.2 Å². The second kappa shape index (κ2) is 10.8. The first-order valence-corrected chi connectivity index (χ1v) is 7.88. The van der Waals surface area contributed by atoms with E-state index in [1.54, 1.807) is 0 Å². The molecule has 1 aromatic rings. The van der Waals surface area contributed by atoms with Gasteiger partial charge in [0.2, 0.25) is 0 Å². The maximum atomic E-state index is 5.66. The summed E-state index contributed by atoms with van der Waals surface area (Å²) in [6.45, 7) is 4.73. The molecule has 1 aromatic carbocycles. The standard InChI is InChI=1S/C17H27N3O.HI/c1-14-13-16(14)20-17(18-2)19-10-6-11-21-12-9-15-7-4-3-5-8-15;/h3-5,7-8,14,16H,6,9-13H2,1-2H3,(H2,18,19,20);1H. The third-order valence-corrected chi connectivity index (χ3v) is 3.79. The summed E-state index contributed by atoms with van der Waals surface area (Å²) in [5.41, 5.74) is 1.33. The normalized spacial score (nSPS) is 20.2. The number of guanidine groups is 1. The molecule has 0 aliphatic heterocycles. The predicted molar refractivity (Wildman–Crippen MR) is 103 cm³/mol. The highest BCUT2D eigenvalue weighted by atomic mass is 127. The van der Waals surface area contributed by atoms with Crippen LogP contribution in [-0.2, 0) is 11.2 Å². The average Bonchev–Trinajstić information content (AvgIpc) is 3.21. The largest absolute Gasteiger partial charge is 0.381 e. The molecule has 0 bridgehead atoms. The molecule has 1 fully saturated rings. The molecule has 2 unspecified atom stereocenters. The lowest BCUT2D eigenvalue weighted by Crippen LogP contribution is -2.39. The van der Waals surface area contributed by atoms with Gasteiger partial charge in [-0.15, -0.1) is 24.0 Å². The Hall–Kier alpha value is -0.820. The van der Waals surface area contributed by atoms with E-state index in [2.05, 4.69) is 46.8 Å². The summed E-state index contributed by atoms with van der Waals surface area (Å²) in [5.74, 6) is 1.69. The Labute approximate surface area is 151 Å². The number of nitrogens with zero attached hydrogens (tertiary/aromatic N) is 1. The van der Waals surface area contributed by atoms with Crippen LogP contribution in [0.5, 0.6) is 0 Å². The van der Waals surface area contributed by atoms with Crippen LogP contribution in [0.25, 0.3) is 0 Å². The highest BCUT2D eigenvalue weighted by molar-refractivity contribution is 14.0. The van der Waals surface area contributed by atoms with Gasteiger partial charge in [-0.3, -0.25) is 4.99 Å². The molecule has 1 aliphatic rings. The molecule has 124 valence electrons. The number of ether oxygens (including phenoxy) is 1. The van der Waals surface area contributed by atoms with Crippen molar-refractivity contribution >= 4 is 29.9 Å². The molecular weight excluding hydrogens is 389 g/mol. The third kappa shape index (κ3) is 7.45. The van der Waals surface area contributed by atoms with E-state index in [0.717, 1.165) is 44.5 Å². The minimum atomic E-state index is 0. The van der Waals surface area contributed by atoms with Crippen molar-refractivity contribution in [1.82, 2.24) is 10.6 Å². The van der Waals surface area contributed by atoms with Crippen molar-refractivity contribution in [3.05, 3.63) is 35.9 Å². The van der Waals surface area contributed by atoms with Gasteiger partial charge < -0.3 is 15.4 Å². The third-order valence-electron chi connectivity index (χ3n) is 3.79. The van der Waals surface area contributed by atoms with Gasteiger partial charge in [0.1, 0.15) is 0 Å². The van der Waals surface area contributed by atoms with Crippen molar-refractivity contribution in [1.29, 1.82) is 0 Å². The molecule has 4 nitrogen and oxygen atoms in total.